The van der Waals surface area contributed by atoms with Gasteiger partial charge < -0.3 is 4.90 Å². The first-order valence-corrected chi connectivity index (χ1v) is 9.53. The number of hydrogen-bond donors (Lipinski definition) is 0. The summed E-state index contributed by atoms with van der Waals surface area (Å²) in [5, 5.41) is 0. The molecule has 2 aliphatic rings. The summed E-state index contributed by atoms with van der Waals surface area (Å²) in [6.07, 6.45) is 0. The monoisotopic (exact) mass is 425 g/mol. The van der Waals surface area contributed by atoms with E-state index in [2.05, 4.69) is 58.0 Å². The molecule has 0 spiro atoms. The van der Waals surface area contributed by atoms with Crippen molar-refractivity contribution in [2.45, 2.75) is 10.5 Å². The molecule has 2 aliphatic heterocycles. The normalized spacial score (nSPS) is 31.6. The van der Waals surface area contributed by atoms with Gasteiger partial charge >= 0.3 is 17.1 Å². The van der Waals surface area contributed by atoms with Gasteiger partial charge in [-0.15, -0.1) is 0 Å². The maximum atomic E-state index is 7.05. The first-order chi connectivity index (χ1) is 11.5. The molecule has 0 aromatic heterocycles. The van der Waals surface area contributed by atoms with Crippen LogP contribution in [0.25, 0.3) is 0 Å². The SMILES string of the molecule is CN1CCN2CCN(C)C(c3ccccc3)C(Cl)(Cl)N(CC1)CC2.[Mn+2]. The van der Waals surface area contributed by atoms with E-state index in [1.807, 2.05) is 6.07 Å². The predicted octanol–water partition coefficient (Wildman–Crippen LogP) is 2.35. The van der Waals surface area contributed by atoms with Crippen molar-refractivity contribution in [2.24, 2.45) is 0 Å². The number of halogens is 2. The molecule has 7 heteroatoms. The van der Waals surface area contributed by atoms with Gasteiger partial charge in [0.05, 0.1) is 6.04 Å². The van der Waals surface area contributed by atoms with E-state index in [0.29, 0.717) is 0 Å². The van der Waals surface area contributed by atoms with Crippen molar-refractivity contribution >= 4 is 23.2 Å². The van der Waals surface area contributed by atoms with E-state index < -0.39 is 4.46 Å². The maximum absolute atomic E-state index is 7.05. The minimum Gasteiger partial charge on any atom is -0.304 e. The van der Waals surface area contributed by atoms with Gasteiger partial charge in [0.2, 0.25) is 0 Å². The second-order valence-electron chi connectivity index (χ2n) is 7.01. The largest absolute Gasteiger partial charge is 2.00 e. The van der Waals surface area contributed by atoms with E-state index >= 15 is 0 Å². The third-order valence-electron chi connectivity index (χ3n) is 5.31. The zero-order chi connectivity index (χ0) is 17.2. The zero-order valence-electron chi connectivity index (χ0n) is 15.0. The van der Waals surface area contributed by atoms with E-state index in [0.717, 1.165) is 52.4 Å². The minimum atomic E-state index is -0.947. The Morgan fingerprint density at radius 3 is 2.12 bits per heavy atom. The van der Waals surface area contributed by atoms with Gasteiger partial charge in [-0.2, -0.15) is 0 Å². The summed E-state index contributed by atoms with van der Waals surface area (Å²) in [5.41, 5.74) is 1.17. The molecular formula is C18H28Cl2MnN4+2. The van der Waals surface area contributed by atoms with Crippen molar-refractivity contribution in [2.75, 3.05) is 66.5 Å². The Morgan fingerprint density at radius 1 is 0.840 bits per heavy atom. The third kappa shape index (κ3) is 5.11. The molecule has 2 saturated heterocycles. The van der Waals surface area contributed by atoms with E-state index in [4.69, 9.17) is 23.2 Å². The number of nitrogens with zero attached hydrogens (tertiary/aromatic N) is 4. The van der Waals surface area contributed by atoms with Crippen LogP contribution in [0.2, 0.25) is 0 Å². The molecule has 3 atom stereocenters. The Morgan fingerprint density at radius 2 is 1.40 bits per heavy atom. The molecule has 2 heterocycles. The summed E-state index contributed by atoms with van der Waals surface area (Å²) in [6.45, 7) is 7.99. The molecule has 2 bridgehead atoms. The molecule has 3 unspecified atom stereocenters. The maximum Gasteiger partial charge on any atom is 2.00 e. The Bertz CT molecular complexity index is 531. The summed E-state index contributed by atoms with van der Waals surface area (Å²) in [5.74, 6) is 0. The van der Waals surface area contributed by atoms with Gasteiger partial charge in [-0.25, -0.2) is 0 Å². The molecule has 1 aromatic rings. The smallest absolute Gasteiger partial charge is 0.304 e. The number of benzene rings is 1. The quantitative estimate of drug-likeness (QED) is 0.389. The molecule has 0 aliphatic carbocycles. The molecule has 0 N–H and O–H groups in total. The molecule has 0 amide bonds. The van der Waals surface area contributed by atoms with E-state index in [9.17, 15) is 0 Å². The number of alkyl halides is 2. The second-order valence-corrected chi connectivity index (χ2v) is 8.36. The van der Waals surface area contributed by atoms with Crippen molar-refractivity contribution in [1.29, 1.82) is 0 Å². The van der Waals surface area contributed by atoms with Crippen LogP contribution in [-0.2, 0) is 17.1 Å². The van der Waals surface area contributed by atoms with Crippen LogP contribution < -0.4 is 0 Å². The van der Waals surface area contributed by atoms with E-state index in [1.165, 1.54) is 5.56 Å². The van der Waals surface area contributed by atoms with Crippen molar-refractivity contribution < 1.29 is 17.1 Å². The van der Waals surface area contributed by atoms with Gasteiger partial charge in [0, 0.05) is 52.4 Å². The van der Waals surface area contributed by atoms with Crippen LogP contribution in [0.15, 0.2) is 30.3 Å². The zero-order valence-corrected chi connectivity index (χ0v) is 17.7. The predicted molar refractivity (Wildman–Crippen MR) is 102 cm³/mol. The fourth-order valence-corrected chi connectivity index (χ4v) is 4.60. The Labute approximate surface area is 172 Å². The van der Waals surface area contributed by atoms with Crippen LogP contribution in [0.3, 0.4) is 0 Å². The van der Waals surface area contributed by atoms with Crippen molar-refractivity contribution in [3.05, 3.63) is 35.9 Å². The fourth-order valence-electron chi connectivity index (χ4n) is 3.68. The van der Waals surface area contributed by atoms with Crippen LogP contribution in [0, 0.1) is 0 Å². The number of rotatable bonds is 1. The standard InChI is InChI=1S/C18H28Cl2N4.Mn/c1-21-8-11-23-12-10-22(2)17(16-6-4-3-5-7-16)18(19,20)24(14-9-21)15-13-23;/h3-7,17H,8-15H2,1-2H3;/q;+2. The summed E-state index contributed by atoms with van der Waals surface area (Å²) >= 11 is 14.1. The van der Waals surface area contributed by atoms with Crippen LogP contribution >= 0.6 is 23.2 Å². The molecule has 1 aromatic carbocycles. The summed E-state index contributed by atoms with van der Waals surface area (Å²) in [6, 6.07) is 10.4. The van der Waals surface area contributed by atoms with Gasteiger partial charge in [-0.1, -0.05) is 53.5 Å². The second kappa shape index (κ2) is 9.38. The number of likely N-dealkylation sites (N-methyl/N-ethyl adjacent to an activating group) is 2. The van der Waals surface area contributed by atoms with E-state index in [-0.39, 0.29) is 23.1 Å². The average molecular weight is 426 g/mol. The van der Waals surface area contributed by atoms with Gasteiger partial charge in [0.15, 0.2) is 4.46 Å². The first-order valence-electron chi connectivity index (χ1n) is 8.77. The van der Waals surface area contributed by atoms with Gasteiger partial charge in [0.1, 0.15) is 0 Å². The summed E-state index contributed by atoms with van der Waals surface area (Å²) in [4.78, 5) is 9.47. The molecular weight excluding hydrogens is 398 g/mol. The van der Waals surface area contributed by atoms with Gasteiger partial charge in [-0.3, -0.25) is 14.7 Å². The topological polar surface area (TPSA) is 13.0 Å². The third-order valence-corrected chi connectivity index (χ3v) is 6.20. The number of hydrogen-bond acceptors (Lipinski definition) is 4. The molecule has 1 radical (unpaired) electrons. The minimum absolute atomic E-state index is 0. The van der Waals surface area contributed by atoms with Crippen molar-refractivity contribution in [3.8, 4) is 0 Å². The Kier molecular flexibility index (Phi) is 8.06. The van der Waals surface area contributed by atoms with Crippen molar-refractivity contribution in [3.63, 3.8) is 0 Å². The van der Waals surface area contributed by atoms with Crippen LogP contribution in [0.1, 0.15) is 11.6 Å². The summed E-state index contributed by atoms with van der Waals surface area (Å²) < 4.78 is -0.947. The molecule has 4 nitrogen and oxygen atoms in total. The molecule has 3 rings (SSSR count). The molecule has 25 heavy (non-hydrogen) atoms. The first kappa shape index (κ1) is 21.5. The fraction of sp³-hybridized carbons (Fsp3) is 0.667. The van der Waals surface area contributed by atoms with Crippen LogP contribution in [0.5, 0.6) is 0 Å². The van der Waals surface area contributed by atoms with Gasteiger partial charge in [0.25, 0.3) is 0 Å². The van der Waals surface area contributed by atoms with E-state index in [1.54, 1.807) is 0 Å². The average Bonchev–Trinajstić information content (AvgIpc) is 2.67. The van der Waals surface area contributed by atoms with Gasteiger partial charge in [-0.05, 0) is 19.7 Å². The van der Waals surface area contributed by atoms with Crippen molar-refractivity contribution in [1.82, 2.24) is 19.6 Å². The Hall–Kier alpha value is 0.159. The summed E-state index contributed by atoms with van der Waals surface area (Å²) in [7, 11) is 4.31. The number of fused-ring (bicyclic) bond motifs is 3. The Balaban J connectivity index is 0.00000225. The molecule has 139 valence electrons. The molecule has 2 fully saturated rings. The van der Waals surface area contributed by atoms with Crippen LogP contribution in [-0.4, -0.2) is 90.5 Å². The van der Waals surface area contributed by atoms with Crippen LogP contribution in [0.4, 0.5) is 0 Å². The molecule has 0 saturated carbocycles.